The van der Waals surface area contributed by atoms with Crippen LogP contribution in [0, 0.1) is 0 Å². The van der Waals surface area contributed by atoms with Crippen molar-refractivity contribution in [1.82, 2.24) is 5.32 Å². The Morgan fingerprint density at radius 2 is 2.54 bits per heavy atom. The Kier molecular flexibility index (Phi) is 4.03. The Morgan fingerprint density at radius 1 is 1.69 bits per heavy atom. The van der Waals surface area contributed by atoms with E-state index < -0.39 is 0 Å². The summed E-state index contributed by atoms with van der Waals surface area (Å²) in [5, 5.41) is 3.25. The van der Waals surface area contributed by atoms with Gasteiger partial charge in [0.15, 0.2) is 0 Å². The van der Waals surface area contributed by atoms with Crippen LogP contribution in [0.4, 0.5) is 0 Å². The van der Waals surface area contributed by atoms with E-state index in [9.17, 15) is 0 Å². The number of hydrogen-bond donors (Lipinski definition) is 1. The highest BCUT2D eigenvalue weighted by Gasteiger charge is 2.08. The van der Waals surface area contributed by atoms with Crippen LogP contribution in [-0.4, -0.2) is 18.9 Å². The summed E-state index contributed by atoms with van der Waals surface area (Å²) < 4.78 is 0. The molecular formula is C11H16N2. The van der Waals surface area contributed by atoms with Crippen molar-refractivity contribution in [3.8, 4) is 0 Å². The van der Waals surface area contributed by atoms with Gasteiger partial charge in [0.2, 0.25) is 0 Å². The van der Waals surface area contributed by atoms with Gasteiger partial charge >= 0.3 is 0 Å². The maximum atomic E-state index is 4.36. The molecule has 13 heavy (non-hydrogen) atoms. The number of rotatable bonds is 4. The highest BCUT2D eigenvalue weighted by atomic mass is 15.1. The van der Waals surface area contributed by atoms with Crippen molar-refractivity contribution in [2.24, 2.45) is 4.99 Å². The maximum Gasteiger partial charge on any atom is 0.124 e. The zero-order valence-electron chi connectivity index (χ0n) is 8.09. The van der Waals surface area contributed by atoms with Gasteiger partial charge in [-0.25, -0.2) is 0 Å². The molecule has 0 saturated heterocycles. The molecule has 1 heterocycles. The monoisotopic (exact) mass is 176 g/mol. The lowest BCUT2D eigenvalue weighted by Gasteiger charge is -2.04. The Bertz CT molecular complexity index is 259. The first-order chi connectivity index (χ1) is 6.38. The Labute approximate surface area is 79.8 Å². The van der Waals surface area contributed by atoms with Crippen LogP contribution in [-0.2, 0) is 0 Å². The molecule has 2 nitrogen and oxygen atoms in total. The molecule has 0 aromatic rings. The number of allylic oxidation sites excluding steroid dienone is 4. The van der Waals surface area contributed by atoms with Crippen molar-refractivity contribution < 1.29 is 0 Å². The second-order valence-electron chi connectivity index (χ2n) is 2.86. The van der Waals surface area contributed by atoms with Crippen molar-refractivity contribution in [2.75, 3.05) is 13.1 Å². The molecule has 0 atom stereocenters. The summed E-state index contributed by atoms with van der Waals surface area (Å²) in [4.78, 5) is 4.36. The SMILES string of the molecule is C=C/C=C(\C/C=C\C)C1=NCCN1. The van der Waals surface area contributed by atoms with E-state index in [-0.39, 0.29) is 0 Å². The van der Waals surface area contributed by atoms with Crippen molar-refractivity contribution in [1.29, 1.82) is 0 Å². The summed E-state index contributed by atoms with van der Waals surface area (Å²) in [7, 11) is 0. The van der Waals surface area contributed by atoms with E-state index in [4.69, 9.17) is 0 Å². The van der Waals surface area contributed by atoms with Gasteiger partial charge < -0.3 is 5.32 Å². The molecule has 0 aromatic heterocycles. The van der Waals surface area contributed by atoms with E-state index in [1.165, 1.54) is 5.57 Å². The highest BCUT2D eigenvalue weighted by Crippen LogP contribution is 2.07. The maximum absolute atomic E-state index is 4.36. The number of aliphatic imine (C=N–C) groups is 1. The van der Waals surface area contributed by atoms with Crippen molar-refractivity contribution in [3.05, 3.63) is 36.5 Å². The molecule has 0 aliphatic carbocycles. The topological polar surface area (TPSA) is 24.4 Å². The summed E-state index contributed by atoms with van der Waals surface area (Å²) in [6.07, 6.45) is 8.91. The van der Waals surface area contributed by atoms with Gasteiger partial charge in [0.25, 0.3) is 0 Å². The Balaban J connectivity index is 2.67. The minimum Gasteiger partial charge on any atom is -0.368 e. The van der Waals surface area contributed by atoms with Crippen LogP contribution in [0.3, 0.4) is 0 Å². The predicted molar refractivity (Wildman–Crippen MR) is 58.0 cm³/mol. The van der Waals surface area contributed by atoms with Gasteiger partial charge in [-0.1, -0.05) is 30.9 Å². The predicted octanol–water partition coefficient (Wildman–Crippen LogP) is 2.07. The minimum atomic E-state index is 0.889. The average molecular weight is 176 g/mol. The summed E-state index contributed by atoms with van der Waals surface area (Å²) in [5.41, 5.74) is 1.21. The molecule has 0 bridgehead atoms. The third-order valence-electron chi connectivity index (χ3n) is 1.87. The number of nitrogens with one attached hydrogen (secondary N) is 1. The molecule has 2 heteroatoms. The molecule has 0 unspecified atom stereocenters. The third-order valence-corrected chi connectivity index (χ3v) is 1.87. The number of hydrogen-bond acceptors (Lipinski definition) is 2. The molecule has 0 amide bonds. The third kappa shape index (κ3) is 2.90. The van der Waals surface area contributed by atoms with Crippen LogP contribution in [0.25, 0.3) is 0 Å². The van der Waals surface area contributed by atoms with Crippen molar-refractivity contribution in [2.45, 2.75) is 13.3 Å². The van der Waals surface area contributed by atoms with Crippen LogP contribution in [0.5, 0.6) is 0 Å². The lowest BCUT2D eigenvalue weighted by molar-refractivity contribution is 0.958. The lowest BCUT2D eigenvalue weighted by atomic mass is 10.1. The van der Waals surface area contributed by atoms with Gasteiger partial charge in [-0.2, -0.15) is 0 Å². The first kappa shape index (κ1) is 9.78. The Morgan fingerprint density at radius 3 is 3.08 bits per heavy atom. The van der Waals surface area contributed by atoms with E-state index in [2.05, 4.69) is 23.0 Å². The van der Waals surface area contributed by atoms with Gasteiger partial charge in [0.1, 0.15) is 5.84 Å². The Hall–Kier alpha value is -1.31. The molecule has 0 spiro atoms. The van der Waals surface area contributed by atoms with Gasteiger partial charge in [0, 0.05) is 6.54 Å². The molecule has 0 radical (unpaired) electrons. The fraction of sp³-hybridized carbons (Fsp3) is 0.364. The summed E-state index contributed by atoms with van der Waals surface area (Å²) >= 11 is 0. The van der Waals surface area contributed by atoms with E-state index in [0.29, 0.717) is 0 Å². The average Bonchev–Trinajstić information content (AvgIpc) is 2.65. The molecule has 0 fully saturated rings. The number of nitrogens with zero attached hydrogens (tertiary/aromatic N) is 1. The summed E-state index contributed by atoms with van der Waals surface area (Å²) in [6, 6.07) is 0. The normalized spacial score (nSPS) is 17.3. The van der Waals surface area contributed by atoms with Crippen LogP contribution in [0.1, 0.15) is 13.3 Å². The molecule has 1 N–H and O–H groups in total. The number of amidine groups is 1. The molecule has 70 valence electrons. The van der Waals surface area contributed by atoms with E-state index in [1.54, 1.807) is 6.08 Å². The van der Waals surface area contributed by atoms with E-state index in [0.717, 1.165) is 25.3 Å². The summed E-state index contributed by atoms with van der Waals surface area (Å²) in [6.45, 7) is 7.57. The fourth-order valence-electron chi connectivity index (χ4n) is 1.24. The first-order valence-corrected chi connectivity index (χ1v) is 4.60. The molecule has 0 saturated carbocycles. The van der Waals surface area contributed by atoms with Gasteiger partial charge in [-0.15, -0.1) is 0 Å². The van der Waals surface area contributed by atoms with Crippen molar-refractivity contribution in [3.63, 3.8) is 0 Å². The quantitative estimate of drug-likeness (QED) is 0.514. The highest BCUT2D eigenvalue weighted by molar-refractivity contribution is 5.99. The van der Waals surface area contributed by atoms with Crippen LogP contribution in [0.15, 0.2) is 41.4 Å². The second-order valence-corrected chi connectivity index (χ2v) is 2.86. The summed E-state index contributed by atoms with van der Waals surface area (Å²) in [5.74, 6) is 1.03. The first-order valence-electron chi connectivity index (χ1n) is 4.60. The second kappa shape index (κ2) is 5.36. The standard InChI is InChI=1S/C11H16N2/c1-3-5-7-10(6-4-2)11-12-8-9-13-11/h3-6H,2,7-9H2,1H3,(H,12,13)/b5-3-,10-6+. The fourth-order valence-corrected chi connectivity index (χ4v) is 1.24. The smallest absolute Gasteiger partial charge is 0.124 e. The van der Waals surface area contributed by atoms with Crippen molar-refractivity contribution >= 4 is 5.84 Å². The molecule has 1 rings (SSSR count). The largest absolute Gasteiger partial charge is 0.368 e. The van der Waals surface area contributed by atoms with Gasteiger partial charge in [-0.3, -0.25) is 4.99 Å². The molecule has 0 aromatic carbocycles. The van der Waals surface area contributed by atoms with Crippen LogP contribution >= 0.6 is 0 Å². The molecule has 1 aliphatic heterocycles. The molecule has 1 aliphatic rings. The van der Waals surface area contributed by atoms with E-state index >= 15 is 0 Å². The van der Waals surface area contributed by atoms with E-state index in [1.807, 2.05) is 19.1 Å². The van der Waals surface area contributed by atoms with Crippen LogP contribution < -0.4 is 5.32 Å². The zero-order chi connectivity index (χ0) is 9.52. The van der Waals surface area contributed by atoms with Crippen LogP contribution in [0.2, 0.25) is 0 Å². The minimum absolute atomic E-state index is 0.889. The molecular weight excluding hydrogens is 160 g/mol. The van der Waals surface area contributed by atoms with Gasteiger partial charge in [-0.05, 0) is 18.9 Å². The van der Waals surface area contributed by atoms with Gasteiger partial charge in [0.05, 0.1) is 6.54 Å². The lowest BCUT2D eigenvalue weighted by Crippen LogP contribution is -2.20. The zero-order valence-corrected chi connectivity index (χ0v) is 8.09.